The van der Waals surface area contributed by atoms with E-state index in [-0.39, 0.29) is 10.8 Å². The Morgan fingerprint density at radius 3 is 2.75 bits per heavy atom. The fourth-order valence-electron chi connectivity index (χ4n) is 2.49. The number of benzene rings is 1. The molecule has 0 aliphatic carbocycles. The van der Waals surface area contributed by atoms with Gasteiger partial charge in [-0.1, -0.05) is 19.4 Å². The van der Waals surface area contributed by atoms with Gasteiger partial charge < -0.3 is 4.74 Å². The van der Waals surface area contributed by atoms with Gasteiger partial charge in [-0.2, -0.15) is 4.31 Å². The van der Waals surface area contributed by atoms with Gasteiger partial charge in [0.1, 0.15) is 10.6 Å². The molecule has 4 nitrogen and oxygen atoms in total. The van der Waals surface area contributed by atoms with Crippen molar-refractivity contribution >= 4 is 21.6 Å². The summed E-state index contributed by atoms with van der Waals surface area (Å²) in [5.74, 6) is 1.11. The Labute approximate surface area is 125 Å². The van der Waals surface area contributed by atoms with Crippen LogP contribution < -0.4 is 4.74 Å². The number of rotatable bonds is 5. The Balaban J connectivity index is 2.38. The van der Waals surface area contributed by atoms with Crippen LogP contribution in [-0.2, 0) is 15.9 Å². The lowest BCUT2D eigenvalue weighted by Gasteiger charge is -2.18. The third-order valence-electron chi connectivity index (χ3n) is 3.83. The predicted octanol–water partition coefficient (Wildman–Crippen LogP) is 2.85. The summed E-state index contributed by atoms with van der Waals surface area (Å²) in [6.07, 6.45) is 1.93. The van der Waals surface area contributed by atoms with Crippen LogP contribution in [0.25, 0.3) is 0 Å². The average molecular weight is 318 g/mol. The molecule has 1 fully saturated rings. The van der Waals surface area contributed by atoms with Gasteiger partial charge in [-0.15, -0.1) is 11.6 Å². The second-order valence-electron chi connectivity index (χ2n) is 5.04. The summed E-state index contributed by atoms with van der Waals surface area (Å²) >= 11 is 5.80. The Hall–Kier alpha value is -0.780. The minimum absolute atomic E-state index is 0.218. The van der Waals surface area contributed by atoms with E-state index in [1.165, 1.54) is 7.11 Å². The predicted molar refractivity (Wildman–Crippen MR) is 79.7 cm³/mol. The normalized spacial score (nSPS) is 20.2. The molecule has 1 aromatic rings. The van der Waals surface area contributed by atoms with E-state index in [0.29, 0.717) is 24.8 Å². The minimum Gasteiger partial charge on any atom is -0.495 e. The highest BCUT2D eigenvalue weighted by molar-refractivity contribution is 7.89. The fraction of sp³-hybridized carbons (Fsp3) is 0.571. The SMILES string of the molecule is CCC1CCN(S(=O)(=O)c2cc(CCl)ccc2OC)C1. The van der Waals surface area contributed by atoms with Crippen LogP contribution in [0.2, 0.25) is 0 Å². The average Bonchev–Trinajstić information content (AvgIpc) is 2.96. The first-order chi connectivity index (χ1) is 9.52. The lowest BCUT2D eigenvalue weighted by molar-refractivity contribution is 0.397. The van der Waals surface area contributed by atoms with Gasteiger partial charge in [-0.05, 0) is 30.0 Å². The second-order valence-corrected chi connectivity index (χ2v) is 7.22. The lowest BCUT2D eigenvalue weighted by atomic mass is 10.1. The Bertz CT molecular complexity index is 574. The van der Waals surface area contributed by atoms with E-state index in [2.05, 4.69) is 6.92 Å². The number of halogens is 1. The highest BCUT2D eigenvalue weighted by Gasteiger charge is 2.33. The standard InChI is InChI=1S/C14H20ClNO3S/c1-3-11-6-7-16(10-11)20(17,18)14-8-12(9-15)4-5-13(14)19-2/h4-5,8,11H,3,6-7,9-10H2,1-2H3. The molecule has 0 spiro atoms. The molecule has 6 heteroatoms. The zero-order valence-electron chi connectivity index (χ0n) is 11.8. The van der Waals surface area contributed by atoms with Crippen molar-refractivity contribution in [1.82, 2.24) is 4.31 Å². The molecule has 1 atom stereocenters. The van der Waals surface area contributed by atoms with Gasteiger partial charge in [0.05, 0.1) is 7.11 Å². The first kappa shape index (κ1) is 15.6. The van der Waals surface area contributed by atoms with Crippen LogP contribution in [-0.4, -0.2) is 32.9 Å². The van der Waals surface area contributed by atoms with Crippen molar-refractivity contribution in [2.24, 2.45) is 5.92 Å². The van der Waals surface area contributed by atoms with Gasteiger partial charge in [-0.25, -0.2) is 8.42 Å². The van der Waals surface area contributed by atoms with Crippen molar-refractivity contribution in [3.05, 3.63) is 23.8 Å². The second kappa shape index (κ2) is 6.33. The highest BCUT2D eigenvalue weighted by atomic mass is 35.5. The van der Waals surface area contributed by atoms with Gasteiger partial charge in [0.2, 0.25) is 10.0 Å². The summed E-state index contributed by atoms with van der Waals surface area (Å²) in [5.41, 5.74) is 0.775. The number of methoxy groups -OCH3 is 1. The van der Waals surface area contributed by atoms with Crippen molar-refractivity contribution in [2.75, 3.05) is 20.2 Å². The topological polar surface area (TPSA) is 46.6 Å². The van der Waals surface area contributed by atoms with Gasteiger partial charge in [0.25, 0.3) is 0 Å². The molecule has 1 heterocycles. The van der Waals surface area contributed by atoms with Crippen LogP contribution in [0.4, 0.5) is 0 Å². The number of ether oxygens (including phenoxy) is 1. The van der Waals surface area contributed by atoms with Crippen molar-refractivity contribution in [2.45, 2.75) is 30.5 Å². The van der Waals surface area contributed by atoms with E-state index in [1.54, 1.807) is 22.5 Å². The molecular weight excluding hydrogens is 298 g/mol. The summed E-state index contributed by atoms with van der Waals surface area (Å²) in [6.45, 7) is 3.26. The van der Waals surface area contributed by atoms with Gasteiger partial charge in [0.15, 0.2) is 0 Å². The first-order valence-electron chi connectivity index (χ1n) is 6.76. The Morgan fingerprint density at radius 1 is 1.45 bits per heavy atom. The minimum atomic E-state index is -3.51. The molecule has 1 aliphatic heterocycles. The van der Waals surface area contributed by atoms with Gasteiger partial charge in [0, 0.05) is 19.0 Å². The summed E-state index contributed by atoms with van der Waals surface area (Å²) in [7, 11) is -2.03. The Morgan fingerprint density at radius 2 is 2.20 bits per heavy atom. The van der Waals surface area contributed by atoms with Crippen molar-refractivity contribution in [3.8, 4) is 5.75 Å². The molecule has 1 saturated heterocycles. The molecule has 0 aromatic heterocycles. The third kappa shape index (κ3) is 2.95. The van der Waals surface area contributed by atoms with Crippen LogP contribution in [0.1, 0.15) is 25.3 Å². The third-order valence-corrected chi connectivity index (χ3v) is 6.02. The molecule has 2 rings (SSSR count). The maximum Gasteiger partial charge on any atom is 0.246 e. The molecular formula is C14H20ClNO3S. The molecule has 1 aromatic carbocycles. The molecule has 1 unspecified atom stereocenters. The van der Waals surface area contributed by atoms with Crippen LogP contribution in [0.15, 0.2) is 23.1 Å². The zero-order chi connectivity index (χ0) is 14.8. The smallest absolute Gasteiger partial charge is 0.246 e. The number of alkyl halides is 1. The molecule has 0 amide bonds. The van der Waals surface area contributed by atoms with Crippen molar-refractivity contribution in [3.63, 3.8) is 0 Å². The van der Waals surface area contributed by atoms with E-state index in [4.69, 9.17) is 16.3 Å². The van der Waals surface area contributed by atoms with E-state index in [9.17, 15) is 8.42 Å². The number of hydrogen-bond acceptors (Lipinski definition) is 3. The molecule has 0 radical (unpaired) electrons. The van der Waals surface area contributed by atoms with E-state index in [0.717, 1.165) is 18.4 Å². The molecule has 0 bridgehead atoms. The van der Waals surface area contributed by atoms with Gasteiger partial charge >= 0.3 is 0 Å². The molecule has 0 N–H and O–H groups in total. The summed E-state index contributed by atoms with van der Waals surface area (Å²) < 4.78 is 32.2. The monoisotopic (exact) mass is 317 g/mol. The number of hydrogen-bond donors (Lipinski definition) is 0. The maximum atomic E-state index is 12.7. The molecule has 1 aliphatic rings. The van der Waals surface area contributed by atoms with Crippen LogP contribution >= 0.6 is 11.6 Å². The largest absolute Gasteiger partial charge is 0.495 e. The fourth-order valence-corrected chi connectivity index (χ4v) is 4.40. The van der Waals surface area contributed by atoms with Crippen LogP contribution in [0.3, 0.4) is 0 Å². The summed E-state index contributed by atoms with van der Waals surface area (Å²) in [5, 5.41) is 0. The van der Waals surface area contributed by atoms with Crippen LogP contribution in [0.5, 0.6) is 5.75 Å². The zero-order valence-corrected chi connectivity index (χ0v) is 13.4. The van der Waals surface area contributed by atoms with Crippen LogP contribution in [0, 0.1) is 5.92 Å². The molecule has 112 valence electrons. The molecule has 0 saturated carbocycles. The number of nitrogens with zero attached hydrogens (tertiary/aromatic N) is 1. The van der Waals surface area contributed by atoms with Gasteiger partial charge in [-0.3, -0.25) is 0 Å². The lowest BCUT2D eigenvalue weighted by Crippen LogP contribution is -2.29. The van der Waals surface area contributed by atoms with E-state index < -0.39 is 10.0 Å². The highest BCUT2D eigenvalue weighted by Crippen LogP contribution is 2.32. The summed E-state index contributed by atoms with van der Waals surface area (Å²) in [6, 6.07) is 5.06. The van der Waals surface area contributed by atoms with Crippen molar-refractivity contribution < 1.29 is 13.2 Å². The number of sulfonamides is 1. The summed E-state index contributed by atoms with van der Waals surface area (Å²) in [4.78, 5) is 0.218. The maximum absolute atomic E-state index is 12.7. The quantitative estimate of drug-likeness (QED) is 0.785. The Kier molecular flexibility index (Phi) is 4.94. The van der Waals surface area contributed by atoms with E-state index in [1.807, 2.05) is 0 Å². The first-order valence-corrected chi connectivity index (χ1v) is 8.73. The molecule has 20 heavy (non-hydrogen) atoms. The van der Waals surface area contributed by atoms with E-state index >= 15 is 0 Å². The van der Waals surface area contributed by atoms with Crippen molar-refractivity contribution in [1.29, 1.82) is 0 Å².